The van der Waals surface area contributed by atoms with Gasteiger partial charge in [-0.15, -0.1) is 0 Å². The summed E-state index contributed by atoms with van der Waals surface area (Å²) >= 11 is 0. The fourth-order valence-electron chi connectivity index (χ4n) is 2.89. The number of aromatic nitrogens is 4. The van der Waals surface area contributed by atoms with Gasteiger partial charge in [-0.3, -0.25) is 9.69 Å². The van der Waals surface area contributed by atoms with Gasteiger partial charge in [-0.25, -0.2) is 13.9 Å². The highest BCUT2D eigenvalue weighted by molar-refractivity contribution is 5.89. The smallest absolute Gasteiger partial charge is 0.442 e. The molecule has 31 heavy (non-hydrogen) atoms. The topological polar surface area (TPSA) is 115 Å². The second kappa shape index (κ2) is 7.70. The third-order valence-corrected chi connectivity index (χ3v) is 4.30. The Kier molecular flexibility index (Phi) is 5.04. The fourth-order valence-corrected chi connectivity index (χ4v) is 2.89. The molecule has 1 fully saturated rings. The van der Waals surface area contributed by atoms with Crippen molar-refractivity contribution in [2.45, 2.75) is 12.3 Å². The Morgan fingerprint density at radius 2 is 2.13 bits per heavy atom. The maximum absolute atomic E-state index is 14.7. The first-order valence-electron chi connectivity index (χ1n) is 8.67. The van der Waals surface area contributed by atoms with Crippen molar-refractivity contribution in [2.24, 2.45) is 0 Å². The van der Waals surface area contributed by atoms with E-state index < -0.39 is 30.1 Å². The van der Waals surface area contributed by atoms with E-state index >= 15 is 0 Å². The average molecular weight is 440 g/mol. The van der Waals surface area contributed by atoms with Crippen LogP contribution in [0, 0.1) is 5.82 Å². The number of cyclic esters (lactones) is 1. The minimum atomic E-state index is -4.79. The summed E-state index contributed by atoms with van der Waals surface area (Å²) in [4.78, 5) is 26.8. The van der Waals surface area contributed by atoms with E-state index in [4.69, 9.17) is 4.74 Å². The van der Waals surface area contributed by atoms with Crippen molar-refractivity contribution in [3.8, 4) is 17.1 Å². The van der Waals surface area contributed by atoms with Crippen LogP contribution in [0.15, 0.2) is 35.1 Å². The van der Waals surface area contributed by atoms with Gasteiger partial charge in [0.05, 0.1) is 30.5 Å². The van der Waals surface area contributed by atoms with Crippen LogP contribution in [-0.4, -0.2) is 51.6 Å². The van der Waals surface area contributed by atoms with Crippen molar-refractivity contribution >= 4 is 18.2 Å². The molecule has 1 aliphatic rings. The highest BCUT2D eigenvalue weighted by atomic mass is 19.4. The Morgan fingerprint density at radius 3 is 2.81 bits per heavy atom. The van der Waals surface area contributed by atoms with Crippen LogP contribution in [0.4, 0.5) is 28.0 Å². The van der Waals surface area contributed by atoms with Crippen LogP contribution in [0.2, 0.25) is 0 Å². The number of rotatable bonds is 6. The van der Waals surface area contributed by atoms with Crippen LogP contribution in [0.5, 0.6) is 0 Å². The number of hydrogen-bond donors (Lipinski definition) is 1. The van der Waals surface area contributed by atoms with Crippen LogP contribution >= 0.6 is 0 Å². The van der Waals surface area contributed by atoms with E-state index in [0.29, 0.717) is 6.41 Å². The number of alkyl halides is 3. The van der Waals surface area contributed by atoms with Crippen molar-refractivity contribution in [3.63, 3.8) is 0 Å². The molecule has 10 nitrogen and oxygen atoms in total. The van der Waals surface area contributed by atoms with Gasteiger partial charge in [-0.2, -0.15) is 23.3 Å². The Balaban J connectivity index is 1.54. The number of amides is 2. The van der Waals surface area contributed by atoms with Gasteiger partial charge in [-0.1, -0.05) is 5.16 Å². The third kappa shape index (κ3) is 4.04. The molecule has 0 aliphatic carbocycles. The van der Waals surface area contributed by atoms with Crippen molar-refractivity contribution in [1.29, 1.82) is 0 Å². The zero-order valence-electron chi connectivity index (χ0n) is 15.3. The van der Waals surface area contributed by atoms with Gasteiger partial charge in [0.25, 0.3) is 0 Å². The van der Waals surface area contributed by atoms with Crippen LogP contribution in [0.3, 0.4) is 0 Å². The molecule has 0 radical (unpaired) electrons. The zero-order valence-corrected chi connectivity index (χ0v) is 15.3. The number of benzene rings is 1. The fraction of sp³-hybridized carbons (Fsp3) is 0.235. The third-order valence-electron chi connectivity index (χ3n) is 4.30. The minimum absolute atomic E-state index is 0.0266. The minimum Gasteiger partial charge on any atom is -0.442 e. The summed E-state index contributed by atoms with van der Waals surface area (Å²) in [6.45, 7) is 0.234. The average Bonchev–Trinajstić information content (AvgIpc) is 3.45. The van der Waals surface area contributed by atoms with Crippen molar-refractivity contribution in [3.05, 3.63) is 42.3 Å². The zero-order chi connectivity index (χ0) is 22.2. The van der Waals surface area contributed by atoms with Gasteiger partial charge in [0.1, 0.15) is 11.8 Å². The predicted octanol–water partition coefficient (Wildman–Crippen LogP) is 2.15. The maximum atomic E-state index is 14.7. The first-order valence-corrected chi connectivity index (χ1v) is 8.67. The van der Waals surface area contributed by atoms with Gasteiger partial charge in [0.2, 0.25) is 12.2 Å². The molecule has 3 aromatic rings. The maximum Gasteiger partial charge on any atom is 0.471 e. The lowest BCUT2D eigenvalue weighted by Gasteiger charge is -2.14. The molecule has 0 saturated carbocycles. The Hall–Kier alpha value is -3.97. The van der Waals surface area contributed by atoms with Crippen LogP contribution in [0.1, 0.15) is 5.89 Å². The van der Waals surface area contributed by atoms with Crippen LogP contribution in [0.25, 0.3) is 17.1 Å². The Labute approximate surface area is 170 Å². The molecule has 0 unspecified atom stereocenters. The summed E-state index contributed by atoms with van der Waals surface area (Å²) < 4.78 is 62.8. The summed E-state index contributed by atoms with van der Waals surface area (Å²) in [7, 11) is 0. The summed E-state index contributed by atoms with van der Waals surface area (Å²) in [6, 6.07) is 3.87. The molecule has 1 aliphatic heterocycles. The van der Waals surface area contributed by atoms with E-state index in [-0.39, 0.29) is 35.9 Å². The molecule has 0 bridgehead atoms. The second-order valence-corrected chi connectivity index (χ2v) is 6.37. The van der Waals surface area contributed by atoms with Gasteiger partial charge in [0, 0.05) is 6.20 Å². The molecular weight excluding hydrogens is 428 g/mol. The molecule has 3 heterocycles. The molecule has 1 atom stereocenters. The first-order chi connectivity index (χ1) is 14.8. The molecule has 162 valence electrons. The van der Waals surface area contributed by atoms with Crippen molar-refractivity contribution in [1.82, 2.24) is 25.2 Å². The molecule has 1 saturated heterocycles. The van der Waals surface area contributed by atoms with E-state index in [1.165, 1.54) is 23.2 Å². The Bertz CT molecular complexity index is 1130. The normalized spacial score (nSPS) is 16.5. The molecule has 1 N–H and O–H groups in total. The number of carbonyl (C=O) groups is 2. The van der Waals surface area contributed by atoms with Crippen LogP contribution < -0.4 is 10.2 Å². The lowest BCUT2D eigenvalue weighted by Crippen LogP contribution is -2.30. The summed E-state index contributed by atoms with van der Waals surface area (Å²) in [6.07, 6.45) is -3.20. The summed E-state index contributed by atoms with van der Waals surface area (Å²) in [5.74, 6) is -2.62. The van der Waals surface area contributed by atoms with E-state index in [1.54, 1.807) is 0 Å². The highest BCUT2D eigenvalue weighted by Gasteiger charge is 2.38. The SMILES string of the molecule is O=CNC[C@H]1CN(c2ccc(-n3cc(-c4noc(C(F)(F)F)n4)cn3)c(F)c2)C(=O)O1. The molecule has 2 aromatic heterocycles. The van der Waals surface area contributed by atoms with E-state index in [2.05, 4.69) is 25.1 Å². The van der Waals surface area contributed by atoms with Crippen molar-refractivity contribution < 1.29 is 36.4 Å². The lowest BCUT2D eigenvalue weighted by molar-refractivity contribution is -0.159. The van der Waals surface area contributed by atoms with Crippen LogP contribution in [-0.2, 0) is 15.7 Å². The largest absolute Gasteiger partial charge is 0.471 e. The number of ether oxygens (including phenoxy) is 1. The lowest BCUT2D eigenvalue weighted by atomic mass is 10.2. The molecule has 1 aromatic carbocycles. The number of halogens is 4. The highest BCUT2D eigenvalue weighted by Crippen LogP contribution is 2.30. The van der Waals surface area contributed by atoms with Gasteiger partial charge in [-0.05, 0) is 18.2 Å². The van der Waals surface area contributed by atoms with Gasteiger partial charge >= 0.3 is 18.2 Å². The van der Waals surface area contributed by atoms with Crippen molar-refractivity contribution in [2.75, 3.05) is 18.0 Å². The number of nitrogens with zero attached hydrogens (tertiary/aromatic N) is 5. The Morgan fingerprint density at radius 1 is 1.32 bits per heavy atom. The quantitative estimate of drug-likeness (QED) is 0.461. The summed E-state index contributed by atoms with van der Waals surface area (Å²) in [5.41, 5.74) is 0.276. The molecular formula is C17H12F4N6O4. The van der Waals surface area contributed by atoms with E-state index in [0.717, 1.165) is 16.9 Å². The number of anilines is 1. The second-order valence-electron chi connectivity index (χ2n) is 6.37. The number of carbonyl (C=O) groups excluding carboxylic acids is 2. The monoisotopic (exact) mass is 440 g/mol. The molecule has 4 rings (SSSR count). The summed E-state index contributed by atoms with van der Waals surface area (Å²) in [5, 5.41) is 9.56. The molecule has 2 amide bonds. The van der Waals surface area contributed by atoms with E-state index in [9.17, 15) is 27.2 Å². The van der Waals surface area contributed by atoms with E-state index in [1.807, 2.05) is 0 Å². The number of nitrogens with one attached hydrogen (secondary N) is 1. The standard InChI is InChI=1S/C17H12F4N6O4/c18-12-3-10(26-7-11(5-22-8-28)30-16(26)29)1-2-13(12)27-6-9(4-23-27)14-24-15(31-25-14)17(19,20)21/h1-4,6,8,11H,5,7H2,(H,22,28)/t11-/m0/s1. The van der Waals surface area contributed by atoms with Gasteiger partial charge in [0.15, 0.2) is 5.82 Å². The predicted molar refractivity (Wildman–Crippen MR) is 93.5 cm³/mol. The molecule has 0 spiro atoms. The van der Waals surface area contributed by atoms with Gasteiger partial charge < -0.3 is 14.6 Å². The molecule has 14 heteroatoms. The number of hydrogen-bond acceptors (Lipinski definition) is 7. The first kappa shape index (κ1) is 20.3.